The van der Waals surface area contributed by atoms with Crippen LogP contribution in [0.15, 0.2) is 0 Å². The molecule has 4 bridgehead atoms. The number of hydrogen-bond acceptors (Lipinski definition) is 5. The first-order valence-electron chi connectivity index (χ1n) is 9.55. The second kappa shape index (κ2) is 6.31. The molecule has 4 aliphatic carbocycles. The van der Waals surface area contributed by atoms with Gasteiger partial charge in [-0.3, -0.25) is 24.9 Å². The van der Waals surface area contributed by atoms with Gasteiger partial charge in [0.25, 0.3) is 0 Å². The number of nitro groups is 1. The second-order valence-corrected chi connectivity index (χ2v) is 8.63. The van der Waals surface area contributed by atoms with Crippen molar-refractivity contribution in [1.29, 1.82) is 0 Å². The minimum atomic E-state index is -0.530. The molecule has 4 fully saturated rings. The third-order valence-corrected chi connectivity index (χ3v) is 6.49. The predicted molar refractivity (Wildman–Crippen MR) is 95.9 cm³/mol. The maximum absolute atomic E-state index is 12.4. The SMILES string of the molecule is Cc1nn(CC(=O)NC(=O)NC23CC4CC(CC(C4)C2)C3)c(C)c1[N+](=O)[O-]. The van der Waals surface area contributed by atoms with Gasteiger partial charge in [0.2, 0.25) is 5.91 Å². The van der Waals surface area contributed by atoms with E-state index in [0.717, 1.165) is 19.3 Å². The summed E-state index contributed by atoms with van der Waals surface area (Å²) in [7, 11) is 0. The van der Waals surface area contributed by atoms with Gasteiger partial charge in [-0.2, -0.15) is 5.10 Å². The average molecular weight is 375 g/mol. The van der Waals surface area contributed by atoms with Crippen LogP contribution in [0.5, 0.6) is 0 Å². The largest absolute Gasteiger partial charge is 0.332 e. The van der Waals surface area contributed by atoms with Gasteiger partial charge in [-0.15, -0.1) is 0 Å². The number of aryl methyl sites for hydroxylation is 1. The van der Waals surface area contributed by atoms with E-state index < -0.39 is 16.9 Å². The Morgan fingerprint density at radius 1 is 1.19 bits per heavy atom. The molecule has 1 aromatic heterocycles. The van der Waals surface area contributed by atoms with Crippen molar-refractivity contribution in [2.75, 3.05) is 0 Å². The zero-order chi connectivity index (χ0) is 19.3. The lowest BCUT2D eigenvalue weighted by Crippen LogP contribution is -2.62. The van der Waals surface area contributed by atoms with Gasteiger partial charge < -0.3 is 5.32 Å². The van der Waals surface area contributed by atoms with Gasteiger partial charge >= 0.3 is 11.7 Å². The molecule has 0 radical (unpaired) electrons. The molecular formula is C18H25N5O4. The minimum absolute atomic E-state index is 0.0965. The van der Waals surface area contributed by atoms with E-state index >= 15 is 0 Å². The molecule has 9 nitrogen and oxygen atoms in total. The molecule has 0 atom stereocenters. The van der Waals surface area contributed by atoms with Gasteiger partial charge in [-0.1, -0.05) is 0 Å². The van der Waals surface area contributed by atoms with E-state index in [4.69, 9.17) is 0 Å². The van der Waals surface area contributed by atoms with Crippen LogP contribution in [0.1, 0.15) is 49.9 Å². The van der Waals surface area contributed by atoms with Crippen molar-refractivity contribution < 1.29 is 14.5 Å². The quantitative estimate of drug-likeness (QED) is 0.618. The number of aromatic nitrogens is 2. The fourth-order valence-electron chi connectivity index (χ4n) is 5.94. The van der Waals surface area contributed by atoms with Crippen molar-refractivity contribution in [2.45, 2.75) is 64.5 Å². The van der Waals surface area contributed by atoms with Crippen molar-refractivity contribution in [1.82, 2.24) is 20.4 Å². The molecule has 0 aliphatic heterocycles. The summed E-state index contributed by atoms with van der Waals surface area (Å²) in [6.45, 7) is 2.84. The van der Waals surface area contributed by atoms with Crippen LogP contribution in [-0.2, 0) is 11.3 Å². The molecule has 4 aliphatic rings. The Morgan fingerprint density at radius 2 is 1.74 bits per heavy atom. The Bertz CT molecular complexity index is 780. The molecule has 0 aromatic carbocycles. The summed E-state index contributed by atoms with van der Waals surface area (Å²) in [6, 6.07) is -0.474. The van der Waals surface area contributed by atoms with Gasteiger partial charge in [-0.25, -0.2) is 4.79 Å². The summed E-state index contributed by atoms with van der Waals surface area (Å²) in [5.41, 5.74) is 0.286. The summed E-state index contributed by atoms with van der Waals surface area (Å²) in [5.74, 6) is 1.56. The van der Waals surface area contributed by atoms with E-state index in [0.29, 0.717) is 23.4 Å². The van der Waals surface area contributed by atoms with Crippen LogP contribution in [0, 0.1) is 41.7 Å². The van der Waals surface area contributed by atoms with E-state index in [2.05, 4.69) is 15.7 Å². The summed E-state index contributed by atoms with van der Waals surface area (Å²) < 4.78 is 1.26. The highest BCUT2D eigenvalue weighted by Crippen LogP contribution is 2.55. The summed E-state index contributed by atoms with van der Waals surface area (Å²) in [4.78, 5) is 35.2. The number of carbonyl (C=O) groups excluding carboxylic acids is 2. The number of amides is 3. The Morgan fingerprint density at radius 3 is 2.22 bits per heavy atom. The van der Waals surface area contributed by atoms with Crippen LogP contribution in [0.3, 0.4) is 0 Å². The second-order valence-electron chi connectivity index (χ2n) is 8.63. The summed E-state index contributed by atoms with van der Waals surface area (Å²) >= 11 is 0. The molecule has 2 N–H and O–H groups in total. The Labute approximate surface area is 157 Å². The number of nitrogens with one attached hydrogen (secondary N) is 2. The van der Waals surface area contributed by atoms with Crippen LogP contribution < -0.4 is 10.6 Å². The molecular weight excluding hydrogens is 350 g/mol. The highest BCUT2D eigenvalue weighted by atomic mass is 16.6. The van der Waals surface area contributed by atoms with E-state index in [1.165, 1.54) is 30.9 Å². The van der Waals surface area contributed by atoms with E-state index in [1.807, 2.05) is 0 Å². The van der Waals surface area contributed by atoms with Gasteiger partial charge in [0.15, 0.2) is 0 Å². The topological polar surface area (TPSA) is 119 Å². The molecule has 27 heavy (non-hydrogen) atoms. The first kappa shape index (κ1) is 17.9. The molecule has 1 heterocycles. The third-order valence-electron chi connectivity index (χ3n) is 6.49. The Hall–Kier alpha value is -2.45. The van der Waals surface area contributed by atoms with Crippen molar-refractivity contribution in [3.8, 4) is 0 Å². The standard InChI is InChI=1S/C18H25N5O4/c1-10-16(23(26)27)11(2)22(21-10)9-15(24)19-17(25)20-18-6-12-3-13(7-18)5-14(4-12)8-18/h12-14H,3-9H2,1-2H3,(H2,19,20,24,25). The van der Waals surface area contributed by atoms with Crippen LogP contribution in [0.2, 0.25) is 0 Å². The molecule has 0 saturated heterocycles. The van der Waals surface area contributed by atoms with Crippen molar-refractivity contribution in [3.63, 3.8) is 0 Å². The molecule has 3 amide bonds. The minimum Gasteiger partial charge on any atom is -0.332 e. The van der Waals surface area contributed by atoms with Gasteiger partial charge in [0.1, 0.15) is 17.9 Å². The van der Waals surface area contributed by atoms with E-state index in [9.17, 15) is 19.7 Å². The Kier molecular flexibility index (Phi) is 4.20. The smallest absolute Gasteiger partial charge is 0.321 e. The number of imide groups is 1. The number of urea groups is 1. The maximum atomic E-state index is 12.4. The first-order valence-corrected chi connectivity index (χ1v) is 9.55. The normalized spacial score (nSPS) is 31.0. The van der Waals surface area contributed by atoms with Crippen LogP contribution in [0.25, 0.3) is 0 Å². The Balaban J connectivity index is 1.37. The summed E-state index contributed by atoms with van der Waals surface area (Å²) in [5, 5.41) is 20.6. The predicted octanol–water partition coefficient (Wildman–Crippen LogP) is 2.20. The molecule has 9 heteroatoms. The maximum Gasteiger partial charge on any atom is 0.321 e. The molecule has 4 saturated carbocycles. The number of hydrogen-bond donors (Lipinski definition) is 2. The highest BCUT2D eigenvalue weighted by Gasteiger charge is 2.51. The number of carbonyl (C=O) groups is 2. The van der Waals surface area contributed by atoms with Crippen molar-refractivity contribution in [3.05, 3.63) is 21.5 Å². The number of nitrogens with zero attached hydrogens (tertiary/aromatic N) is 3. The molecule has 146 valence electrons. The van der Waals surface area contributed by atoms with Gasteiger partial charge in [-0.05, 0) is 70.1 Å². The van der Waals surface area contributed by atoms with E-state index in [-0.39, 0.29) is 23.5 Å². The molecule has 1 aromatic rings. The third kappa shape index (κ3) is 3.30. The monoisotopic (exact) mass is 375 g/mol. The van der Waals surface area contributed by atoms with Crippen LogP contribution >= 0.6 is 0 Å². The zero-order valence-corrected chi connectivity index (χ0v) is 15.7. The fourth-order valence-corrected chi connectivity index (χ4v) is 5.94. The van der Waals surface area contributed by atoms with Crippen LogP contribution in [0.4, 0.5) is 10.5 Å². The average Bonchev–Trinajstić information content (AvgIpc) is 2.78. The molecule has 0 spiro atoms. The summed E-state index contributed by atoms with van der Waals surface area (Å²) in [6.07, 6.45) is 6.84. The number of rotatable bonds is 4. The van der Waals surface area contributed by atoms with E-state index in [1.54, 1.807) is 6.92 Å². The van der Waals surface area contributed by atoms with Crippen LogP contribution in [-0.4, -0.2) is 32.2 Å². The first-order chi connectivity index (χ1) is 12.7. The van der Waals surface area contributed by atoms with Crippen molar-refractivity contribution in [2.24, 2.45) is 17.8 Å². The lowest BCUT2D eigenvalue weighted by atomic mass is 9.53. The fraction of sp³-hybridized carbons (Fsp3) is 0.722. The molecule has 0 unspecified atom stereocenters. The molecule has 5 rings (SSSR count). The van der Waals surface area contributed by atoms with Gasteiger partial charge in [0.05, 0.1) is 4.92 Å². The lowest BCUT2D eigenvalue weighted by molar-refractivity contribution is -0.386. The van der Waals surface area contributed by atoms with Crippen molar-refractivity contribution >= 4 is 17.6 Å². The van der Waals surface area contributed by atoms with Gasteiger partial charge in [0, 0.05) is 5.54 Å². The highest BCUT2D eigenvalue weighted by molar-refractivity contribution is 5.94. The lowest BCUT2D eigenvalue weighted by Gasteiger charge is -2.56. The zero-order valence-electron chi connectivity index (χ0n) is 15.7.